The zero-order valence-electron chi connectivity index (χ0n) is 10.2. The molecule has 0 aromatic carbocycles. The third kappa shape index (κ3) is 4.10. The Kier molecular flexibility index (Phi) is 5.19. The Morgan fingerprint density at radius 1 is 1.56 bits per heavy atom. The maximum Gasteiger partial charge on any atom is 0.316 e. The quantitative estimate of drug-likeness (QED) is 0.473. The summed E-state index contributed by atoms with van der Waals surface area (Å²) < 4.78 is 6.12. The Labute approximate surface area is 115 Å². The molecule has 18 heavy (non-hydrogen) atoms. The van der Waals surface area contributed by atoms with Gasteiger partial charge in [0.1, 0.15) is 5.51 Å². The summed E-state index contributed by atoms with van der Waals surface area (Å²) >= 11 is 2.81. The molecule has 0 spiro atoms. The van der Waals surface area contributed by atoms with Crippen molar-refractivity contribution in [3.63, 3.8) is 0 Å². The number of allylic oxidation sites excluding steroid dienone is 2. The van der Waals surface area contributed by atoms with Crippen LogP contribution in [0, 0.1) is 11.8 Å². The minimum atomic E-state index is -0.169. The summed E-state index contributed by atoms with van der Waals surface area (Å²) in [7, 11) is 0. The zero-order valence-corrected chi connectivity index (χ0v) is 11.9. The van der Waals surface area contributed by atoms with E-state index in [-0.39, 0.29) is 5.97 Å². The van der Waals surface area contributed by atoms with E-state index in [4.69, 9.17) is 4.74 Å². The lowest BCUT2D eigenvalue weighted by Crippen LogP contribution is -2.22. The molecule has 0 amide bonds. The predicted molar refractivity (Wildman–Crippen MR) is 72.6 cm³/mol. The van der Waals surface area contributed by atoms with E-state index < -0.39 is 0 Å². The minimum absolute atomic E-state index is 0.169. The molecule has 0 N–H and O–H groups in total. The number of hydrogen-bond acceptors (Lipinski definition) is 6. The van der Waals surface area contributed by atoms with Gasteiger partial charge in [-0.25, -0.2) is 0 Å². The highest BCUT2D eigenvalue weighted by atomic mass is 32.2. The Hall–Kier alpha value is -0.880. The molecule has 6 heteroatoms. The molecule has 4 nitrogen and oxygen atoms in total. The Balaban J connectivity index is 1.67. The summed E-state index contributed by atoms with van der Waals surface area (Å²) in [6.07, 6.45) is 6.47. The topological polar surface area (TPSA) is 52.1 Å². The molecule has 1 aliphatic rings. The molecule has 0 radical (unpaired) electrons. The van der Waals surface area contributed by atoms with Gasteiger partial charge in [-0.15, -0.1) is 10.2 Å². The maximum absolute atomic E-state index is 11.6. The molecular formula is C12H16N2O2S2. The molecule has 2 rings (SSSR count). The third-order valence-electron chi connectivity index (χ3n) is 3.03. The van der Waals surface area contributed by atoms with Crippen LogP contribution in [-0.4, -0.2) is 28.5 Å². The van der Waals surface area contributed by atoms with Crippen molar-refractivity contribution in [2.45, 2.75) is 24.1 Å². The molecule has 1 aromatic rings. The van der Waals surface area contributed by atoms with E-state index in [9.17, 15) is 4.79 Å². The van der Waals surface area contributed by atoms with Crippen LogP contribution in [0.25, 0.3) is 0 Å². The summed E-state index contributed by atoms with van der Waals surface area (Å²) in [5.74, 6) is 1.20. The summed E-state index contributed by atoms with van der Waals surface area (Å²) in [4.78, 5) is 11.6. The molecule has 1 aliphatic carbocycles. The highest BCUT2D eigenvalue weighted by Crippen LogP contribution is 2.25. The summed E-state index contributed by atoms with van der Waals surface area (Å²) in [6, 6.07) is 0. The van der Waals surface area contributed by atoms with Crippen LogP contribution in [0.2, 0.25) is 0 Å². The number of nitrogens with zero attached hydrogens (tertiary/aromatic N) is 2. The van der Waals surface area contributed by atoms with Gasteiger partial charge < -0.3 is 4.74 Å². The molecule has 1 aromatic heterocycles. The largest absolute Gasteiger partial charge is 0.465 e. The fraction of sp³-hybridized carbons (Fsp3) is 0.583. The predicted octanol–water partition coefficient (Wildman–Crippen LogP) is 2.78. The van der Waals surface area contributed by atoms with Crippen LogP contribution < -0.4 is 0 Å². The van der Waals surface area contributed by atoms with Crippen LogP contribution in [0.15, 0.2) is 22.0 Å². The van der Waals surface area contributed by atoms with Gasteiger partial charge in [-0.05, 0) is 24.7 Å². The fourth-order valence-electron chi connectivity index (χ4n) is 1.83. The molecule has 0 aliphatic heterocycles. The number of rotatable bonds is 5. The first kappa shape index (κ1) is 13.5. The average molecular weight is 284 g/mol. The Bertz CT molecular complexity index is 406. The van der Waals surface area contributed by atoms with E-state index >= 15 is 0 Å². The van der Waals surface area contributed by atoms with Crippen molar-refractivity contribution in [3.8, 4) is 0 Å². The second kappa shape index (κ2) is 6.89. The van der Waals surface area contributed by atoms with Crippen LogP contribution in [0.4, 0.5) is 0 Å². The Morgan fingerprint density at radius 2 is 2.39 bits per heavy atom. The molecule has 0 saturated carbocycles. The van der Waals surface area contributed by atoms with E-state index in [1.54, 1.807) is 5.51 Å². The first-order valence-corrected chi connectivity index (χ1v) is 7.82. The van der Waals surface area contributed by atoms with Crippen molar-refractivity contribution in [1.29, 1.82) is 0 Å². The van der Waals surface area contributed by atoms with Gasteiger partial charge in [0.05, 0.1) is 12.4 Å². The summed E-state index contributed by atoms with van der Waals surface area (Å²) in [6.45, 7) is 2.74. The highest BCUT2D eigenvalue weighted by Gasteiger charge is 2.20. The lowest BCUT2D eigenvalue weighted by atomic mass is 9.85. The standard InChI is InChI=1S/C12H16N2O2S2/c1-9-4-2-3-5-10(9)6-16-11(15)7-17-12-14-13-8-18-12/h2-3,8-10H,4-7H2,1H3/t9-,10+/m0/s1. The summed E-state index contributed by atoms with van der Waals surface area (Å²) in [5, 5.41) is 7.58. The van der Waals surface area contributed by atoms with Crippen LogP contribution in [-0.2, 0) is 9.53 Å². The molecule has 0 unspecified atom stereocenters. The smallest absolute Gasteiger partial charge is 0.316 e. The molecule has 1 heterocycles. The number of aromatic nitrogens is 2. The van der Waals surface area contributed by atoms with E-state index in [1.807, 2.05) is 0 Å². The number of thioether (sulfide) groups is 1. The molecule has 2 atom stereocenters. The van der Waals surface area contributed by atoms with Gasteiger partial charge in [0.15, 0.2) is 4.34 Å². The minimum Gasteiger partial charge on any atom is -0.465 e. The maximum atomic E-state index is 11.6. The third-order valence-corrected chi connectivity index (χ3v) is 4.86. The van der Waals surface area contributed by atoms with Gasteiger partial charge in [-0.1, -0.05) is 42.2 Å². The van der Waals surface area contributed by atoms with Crippen molar-refractivity contribution in [2.75, 3.05) is 12.4 Å². The number of esters is 1. The van der Waals surface area contributed by atoms with Crippen molar-refractivity contribution in [1.82, 2.24) is 10.2 Å². The summed E-state index contributed by atoms with van der Waals surface area (Å²) in [5.41, 5.74) is 1.66. The normalized spacial score (nSPS) is 22.9. The first-order chi connectivity index (χ1) is 8.75. The van der Waals surface area contributed by atoms with Gasteiger partial charge in [-0.2, -0.15) is 0 Å². The SMILES string of the molecule is C[C@H]1CC=CC[C@@H]1COC(=O)CSc1nncs1. The van der Waals surface area contributed by atoms with E-state index in [2.05, 4.69) is 29.3 Å². The molecule has 98 valence electrons. The van der Waals surface area contributed by atoms with Gasteiger partial charge in [-0.3, -0.25) is 4.79 Å². The number of carbonyl (C=O) groups excluding carboxylic acids is 1. The van der Waals surface area contributed by atoms with E-state index in [0.717, 1.165) is 17.2 Å². The van der Waals surface area contributed by atoms with Crippen molar-refractivity contribution in [2.24, 2.45) is 11.8 Å². The van der Waals surface area contributed by atoms with E-state index in [0.29, 0.717) is 24.2 Å². The van der Waals surface area contributed by atoms with Gasteiger partial charge in [0, 0.05) is 0 Å². The fourth-order valence-corrected chi connectivity index (χ4v) is 3.11. The zero-order chi connectivity index (χ0) is 12.8. The van der Waals surface area contributed by atoms with Crippen LogP contribution in [0.1, 0.15) is 19.8 Å². The molecule has 0 saturated heterocycles. The van der Waals surface area contributed by atoms with Crippen molar-refractivity contribution >= 4 is 29.1 Å². The molecule has 0 bridgehead atoms. The average Bonchev–Trinajstić information content (AvgIpc) is 2.88. The lowest BCUT2D eigenvalue weighted by Gasteiger charge is -2.24. The van der Waals surface area contributed by atoms with Gasteiger partial charge in [0.25, 0.3) is 0 Å². The van der Waals surface area contributed by atoms with E-state index in [1.165, 1.54) is 23.1 Å². The second-order valence-electron chi connectivity index (χ2n) is 4.36. The Morgan fingerprint density at radius 3 is 3.11 bits per heavy atom. The van der Waals surface area contributed by atoms with Gasteiger partial charge >= 0.3 is 5.97 Å². The van der Waals surface area contributed by atoms with Crippen molar-refractivity contribution < 1.29 is 9.53 Å². The lowest BCUT2D eigenvalue weighted by molar-refractivity contribution is -0.142. The van der Waals surface area contributed by atoms with Gasteiger partial charge in [0.2, 0.25) is 0 Å². The number of ether oxygens (including phenoxy) is 1. The number of carbonyl (C=O) groups is 1. The van der Waals surface area contributed by atoms with Crippen molar-refractivity contribution in [3.05, 3.63) is 17.7 Å². The van der Waals surface area contributed by atoms with Crippen LogP contribution in [0.3, 0.4) is 0 Å². The second-order valence-corrected chi connectivity index (χ2v) is 6.41. The molecule has 0 fully saturated rings. The first-order valence-electron chi connectivity index (χ1n) is 5.95. The molecular weight excluding hydrogens is 268 g/mol. The van der Waals surface area contributed by atoms with Crippen LogP contribution in [0.5, 0.6) is 0 Å². The monoisotopic (exact) mass is 284 g/mol. The highest BCUT2D eigenvalue weighted by molar-refractivity contribution is 8.01. The van der Waals surface area contributed by atoms with Crippen LogP contribution >= 0.6 is 23.1 Å². The number of hydrogen-bond donors (Lipinski definition) is 0.